The van der Waals surface area contributed by atoms with Gasteiger partial charge in [-0.25, -0.2) is 14.4 Å². The van der Waals surface area contributed by atoms with Crippen LogP contribution in [0.15, 0.2) is 59.5 Å². The highest BCUT2D eigenvalue weighted by molar-refractivity contribution is 6.05. The van der Waals surface area contributed by atoms with Gasteiger partial charge in [0.15, 0.2) is 17.2 Å². The first-order chi connectivity index (χ1) is 18.1. The molecule has 0 radical (unpaired) electrons. The van der Waals surface area contributed by atoms with E-state index in [1.165, 1.54) is 12.1 Å². The van der Waals surface area contributed by atoms with Crippen LogP contribution in [0.1, 0.15) is 36.9 Å². The molecule has 1 aromatic heterocycles. The molecule has 2 fully saturated rings. The summed E-state index contributed by atoms with van der Waals surface area (Å²) in [4.78, 5) is 9.71. The third kappa shape index (κ3) is 3.68. The first-order valence-electron chi connectivity index (χ1n) is 12.8. The van der Waals surface area contributed by atoms with Gasteiger partial charge in [0.05, 0.1) is 36.6 Å². The molecule has 2 aromatic carbocycles. The standard InChI is InChI=1S/C28H28FN5O3/c1-19-16-32(17-30-19)24-9-4-20(25-26(24)37-18-36-25)15-21-3-2-12-33-27(21)31-28(10-13-35-14-11-28)34(33)23-7-5-22(29)6-8-23/h4-9,15-17H,2-3,10-14,18H2,1H3/b21-15+. The average molecular weight is 502 g/mol. The largest absolute Gasteiger partial charge is 0.453 e. The van der Waals surface area contributed by atoms with E-state index in [2.05, 4.69) is 27.1 Å². The van der Waals surface area contributed by atoms with Gasteiger partial charge >= 0.3 is 0 Å². The molecule has 0 amide bonds. The van der Waals surface area contributed by atoms with E-state index >= 15 is 0 Å². The molecular formula is C28H28FN5O3. The average Bonchev–Trinajstić information content (AvgIpc) is 3.64. The van der Waals surface area contributed by atoms with Crippen molar-refractivity contribution in [3.8, 4) is 17.2 Å². The van der Waals surface area contributed by atoms with Gasteiger partial charge < -0.3 is 18.8 Å². The summed E-state index contributed by atoms with van der Waals surface area (Å²) in [5.41, 5.74) is 4.48. The zero-order chi connectivity index (χ0) is 25.0. The van der Waals surface area contributed by atoms with Crippen molar-refractivity contribution in [2.75, 3.05) is 31.6 Å². The summed E-state index contributed by atoms with van der Waals surface area (Å²) in [7, 11) is 0. The molecular weight excluding hydrogens is 473 g/mol. The van der Waals surface area contributed by atoms with Gasteiger partial charge in [0.2, 0.25) is 6.79 Å². The van der Waals surface area contributed by atoms with Gasteiger partial charge in [-0.3, -0.25) is 10.0 Å². The number of hydrogen-bond donors (Lipinski definition) is 0. The zero-order valence-electron chi connectivity index (χ0n) is 20.7. The lowest BCUT2D eigenvalue weighted by atomic mass is 9.99. The molecule has 190 valence electrons. The Balaban J connectivity index is 1.30. The number of piperidine rings is 1. The minimum atomic E-state index is -0.431. The van der Waals surface area contributed by atoms with E-state index in [0.717, 1.165) is 77.8 Å². The number of rotatable bonds is 3. The van der Waals surface area contributed by atoms with Crippen LogP contribution in [0, 0.1) is 12.7 Å². The fraction of sp³-hybridized carbons (Fsp3) is 0.357. The Labute approximate surface area is 214 Å². The van der Waals surface area contributed by atoms with E-state index in [9.17, 15) is 4.39 Å². The van der Waals surface area contributed by atoms with Gasteiger partial charge in [0.25, 0.3) is 0 Å². The molecule has 7 rings (SSSR count). The Morgan fingerprint density at radius 2 is 1.84 bits per heavy atom. The summed E-state index contributed by atoms with van der Waals surface area (Å²) in [5, 5.41) is 4.54. The van der Waals surface area contributed by atoms with Crippen molar-refractivity contribution in [1.82, 2.24) is 14.6 Å². The van der Waals surface area contributed by atoms with Crippen LogP contribution in [0.2, 0.25) is 0 Å². The van der Waals surface area contributed by atoms with Crippen LogP contribution < -0.4 is 14.5 Å². The second-order valence-corrected chi connectivity index (χ2v) is 9.88. The summed E-state index contributed by atoms with van der Waals surface area (Å²) in [6.45, 7) is 4.30. The number of aryl methyl sites for hydroxylation is 1. The van der Waals surface area contributed by atoms with E-state index in [-0.39, 0.29) is 12.6 Å². The minimum Gasteiger partial charge on any atom is -0.453 e. The van der Waals surface area contributed by atoms with Crippen molar-refractivity contribution in [3.63, 3.8) is 0 Å². The van der Waals surface area contributed by atoms with Crippen LogP contribution in [0.3, 0.4) is 0 Å². The van der Waals surface area contributed by atoms with Gasteiger partial charge in [0.1, 0.15) is 11.7 Å². The Bertz CT molecular complexity index is 1410. The molecule has 0 atom stereocenters. The van der Waals surface area contributed by atoms with Gasteiger partial charge in [0, 0.05) is 31.1 Å². The molecule has 4 aliphatic rings. The number of aromatic nitrogens is 2. The number of nitrogens with zero attached hydrogens (tertiary/aromatic N) is 5. The fourth-order valence-corrected chi connectivity index (χ4v) is 5.78. The Morgan fingerprint density at radius 1 is 1.03 bits per heavy atom. The van der Waals surface area contributed by atoms with Crippen molar-refractivity contribution < 1.29 is 18.6 Å². The Hall–Kier alpha value is -3.85. The minimum absolute atomic E-state index is 0.185. The number of aliphatic imine (C=N–C) groups is 1. The van der Waals surface area contributed by atoms with Crippen molar-refractivity contribution >= 4 is 17.6 Å². The highest BCUT2D eigenvalue weighted by atomic mass is 19.1. The lowest BCUT2D eigenvalue weighted by molar-refractivity contribution is 0.0460. The zero-order valence-corrected chi connectivity index (χ0v) is 20.7. The lowest BCUT2D eigenvalue weighted by Crippen LogP contribution is -2.56. The molecule has 2 saturated heterocycles. The summed E-state index contributed by atoms with van der Waals surface area (Å²) >= 11 is 0. The number of fused-ring (bicyclic) bond motifs is 2. The topological polar surface area (TPSA) is 64.4 Å². The highest BCUT2D eigenvalue weighted by Gasteiger charge is 2.49. The molecule has 3 aromatic rings. The molecule has 0 N–H and O–H groups in total. The van der Waals surface area contributed by atoms with E-state index in [1.54, 1.807) is 6.33 Å². The molecule has 5 heterocycles. The van der Waals surface area contributed by atoms with Gasteiger partial charge in [-0.15, -0.1) is 0 Å². The molecule has 0 aliphatic carbocycles. The lowest BCUT2D eigenvalue weighted by Gasteiger charge is -2.45. The molecule has 0 saturated carbocycles. The number of ether oxygens (including phenoxy) is 3. The number of hydrazine groups is 1. The third-order valence-corrected chi connectivity index (χ3v) is 7.51. The van der Waals surface area contributed by atoms with Gasteiger partial charge in [-0.1, -0.05) is 0 Å². The third-order valence-electron chi connectivity index (χ3n) is 7.51. The molecule has 0 bridgehead atoms. The highest BCUT2D eigenvalue weighted by Crippen LogP contribution is 2.45. The maximum Gasteiger partial charge on any atom is 0.231 e. The number of amidine groups is 1. The van der Waals surface area contributed by atoms with Gasteiger partial charge in [-0.2, -0.15) is 0 Å². The second-order valence-electron chi connectivity index (χ2n) is 9.88. The van der Waals surface area contributed by atoms with Crippen LogP contribution in [-0.2, 0) is 4.74 Å². The van der Waals surface area contributed by atoms with E-state index < -0.39 is 5.66 Å². The quantitative estimate of drug-likeness (QED) is 0.510. The summed E-state index contributed by atoms with van der Waals surface area (Å²) in [6.07, 6.45) is 9.40. The summed E-state index contributed by atoms with van der Waals surface area (Å²) in [5.74, 6) is 2.19. The van der Waals surface area contributed by atoms with Crippen LogP contribution in [0.4, 0.5) is 10.1 Å². The van der Waals surface area contributed by atoms with Crippen LogP contribution in [-0.4, -0.2) is 52.6 Å². The SMILES string of the molecule is Cc1cn(-c2ccc(/C=C3\CCCN4C3=NC3(CCOCC3)N4c3ccc(F)cc3)c3c2OCO3)cn1. The molecule has 0 unspecified atom stereocenters. The van der Waals surface area contributed by atoms with E-state index in [1.807, 2.05) is 35.9 Å². The molecule has 37 heavy (non-hydrogen) atoms. The fourth-order valence-electron chi connectivity index (χ4n) is 5.78. The number of anilines is 1. The first kappa shape index (κ1) is 22.4. The second kappa shape index (κ2) is 8.62. The van der Waals surface area contributed by atoms with Crippen molar-refractivity contribution in [2.45, 2.75) is 38.3 Å². The summed E-state index contributed by atoms with van der Waals surface area (Å²) < 4.78 is 33.3. The smallest absolute Gasteiger partial charge is 0.231 e. The maximum absolute atomic E-state index is 13.8. The molecule has 1 spiro atoms. The predicted molar refractivity (Wildman–Crippen MR) is 137 cm³/mol. The monoisotopic (exact) mass is 501 g/mol. The predicted octanol–water partition coefficient (Wildman–Crippen LogP) is 4.87. The Morgan fingerprint density at radius 3 is 2.62 bits per heavy atom. The summed E-state index contributed by atoms with van der Waals surface area (Å²) in [6, 6.07) is 10.8. The van der Waals surface area contributed by atoms with Crippen molar-refractivity contribution in [3.05, 3.63) is 71.6 Å². The molecule has 4 aliphatic heterocycles. The number of benzene rings is 2. The first-order valence-corrected chi connectivity index (χ1v) is 12.8. The van der Waals surface area contributed by atoms with E-state index in [0.29, 0.717) is 13.2 Å². The molecule has 8 nitrogen and oxygen atoms in total. The van der Waals surface area contributed by atoms with Crippen LogP contribution in [0.5, 0.6) is 11.5 Å². The van der Waals surface area contributed by atoms with Crippen molar-refractivity contribution in [2.24, 2.45) is 4.99 Å². The normalized spacial score (nSPS) is 21.0. The molecule has 9 heteroatoms. The van der Waals surface area contributed by atoms with Crippen molar-refractivity contribution in [1.29, 1.82) is 0 Å². The van der Waals surface area contributed by atoms with Crippen LogP contribution in [0.25, 0.3) is 11.8 Å². The number of imidazole rings is 1. The number of hydrogen-bond acceptors (Lipinski definition) is 7. The maximum atomic E-state index is 13.8. The van der Waals surface area contributed by atoms with Crippen LogP contribution >= 0.6 is 0 Å². The Kier molecular flexibility index (Phi) is 5.21. The number of halogens is 1. The van der Waals surface area contributed by atoms with E-state index in [4.69, 9.17) is 19.2 Å². The van der Waals surface area contributed by atoms with Gasteiger partial charge in [-0.05, 0) is 67.8 Å².